The zero-order chi connectivity index (χ0) is 18.6. The van der Waals surface area contributed by atoms with E-state index in [9.17, 15) is 9.18 Å². The van der Waals surface area contributed by atoms with Crippen LogP contribution in [-0.4, -0.2) is 25.8 Å². The molecule has 0 bridgehead atoms. The molecule has 2 heterocycles. The van der Waals surface area contributed by atoms with Crippen molar-refractivity contribution in [2.45, 2.75) is 6.54 Å². The quantitative estimate of drug-likeness (QED) is 0.605. The second kappa shape index (κ2) is 7.25. The third kappa shape index (κ3) is 3.77. The standard InChI is InChI=1S/C20H14FN5O/c21-15-4-1-13(2-5-15)18-10-16(25-12-26-18)11-24-20(27)14-3-6-17-19(9-14)23-8-7-22-17/h1-10,12H,11H2,(H,24,27). The molecule has 27 heavy (non-hydrogen) atoms. The third-order valence-corrected chi connectivity index (χ3v) is 4.03. The molecule has 0 atom stereocenters. The highest BCUT2D eigenvalue weighted by molar-refractivity contribution is 5.97. The van der Waals surface area contributed by atoms with Gasteiger partial charge in [0, 0.05) is 23.5 Å². The van der Waals surface area contributed by atoms with E-state index in [0.717, 1.165) is 11.1 Å². The van der Waals surface area contributed by atoms with E-state index < -0.39 is 0 Å². The number of fused-ring (bicyclic) bond motifs is 1. The molecule has 0 unspecified atom stereocenters. The molecule has 132 valence electrons. The lowest BCUT2D eigenvalue weighted by molar-refractivity contribution is 0.0950. The Morgan fingerprint density at radius 2 is 1.67 bits per heavy atom. The number of benzene rings is 2. The molecule has 1 amide bonds. The van der Waals surface area contributed by atoms with Gasteiger partial charge in [0.05, 0.1) is 29.0 Å². The van der Waals surface area contributed by atoms with Gasteiger partial charge in [-0.25, -0.2) is 14.4 Å². The average Bonchev–Trinajstić information content (AvgIpc) is 2.72. The van der Waals surface area contributed by atoms with Crippen molar-refractivity contribution < 1.29 is 9.18 Å². The normalized spacial score (nSPS) is 10.7. The van der Waals surface area contributed by atoms with Gasteiger partial charge in [-0.15, -0.1) is 0 Å². The fourth-order valence-corrected chi connectivity index (χ4v) is 2.65. The summed E-state index contributed by atoms with van der Waals surface area (Å²) < 4.78 is 13.1. The lowest BCUT2D eigenvalue weighted by Crippen LogP contribution is -2.23. The van der Waals surface area contributed by atoms with Crippen LogP contribution in [0.5, 0.6) is 0 Å². The van der Waals surface area contributed by atoms with Crippen LogP contribution < -0.4 is 5.32 Å². The zero-order valence-corrected chi connectivity index (χ0v) is 14.1. The fraction of sp³-hybridized carbons (Fsp3) is 0.0500. The van der Waals surface area contributed by atoms with Crippen LogP contribution in [-0.2, 0) is 6.54 Å². The number of amides is 1. The Bertz CT molecular complexity index is 1110. The molecule has 6 nitrogen and oxygen atoms in total. The lowest BCUT2D eigenvalue weighted by Gasteiger charge is -2.07. The van der Waals surface area contributed by atoms with Crippen LogP contribution >= 0.6 is 0 Å². The van der Waals surface area contributed by atoms with Crippen molar-refractivity contribution in [3.8, 4) is 11.3 Å². The summed E-state index contributed by atoms with van der Waals surface area (Å²) in [5.74, 6) is -0.537. The Labute approximate surface area is 154 Å². The monoisotopic (exact) mass is 359 g/mol. The number of hydrogen-bond donors (Lipinski definition) is 1. The second-order valence-corrected chi connectivity index (χ2v) is 5.84. The zero-order valence-electron chi connectivity index (χ0n) is 14.1. The molecular formula is C20H14FN5O. The lowest BCUT2D eigenvalue weighted by atomic mass is 10.1. The minimum absolute atomic E-state index is 0.232. The number of carbonyl (C=O) groups is 1. The Morgan fingerprint density at radius 1 is 0.889 bits per heavy atom. The van der Waals surface area contributed by atoms with Gasteiger partial charge < -0.3 is 5.32 Å². The largest absolute Gasteiger partial charge is 0.346 e. The Morgan fingerprint density at radius 3 is 2.48 bits per heavy atom. The summed E-state index contributed by atoms with van der Waals surface area (Å²) in [6.07, 6.45) is 4.61. The molecule has 0 spiro atoms. The molecule has 2 aromatic heterocycles. The highest BCUT2D eigenvalue weighted by atomic mass is 19.1. The molecule has 0 radical (unpaired) electrons. The van der Waals surface area contributed by atoms with Crippen LogP contribution in [0.3, 0.4) is 0 Å². The summed E-state index contributed by atoms with van der Waals surface area (Å²) in [5.41, 5.74) is 3.98. The fourth-order valence-electron chi connectivity index (χ4n) is 2.65. The van der Waals surface area contributed by atoms with Crippen molar-refractivity contribution in [3.05, 3.63) is 84.3 Å². The predicted octanol–water partition coefficient (Wildman–Crippen LogP) is 3.16. The van der Waals surface area contributed by atoms with E-state index in [-0.39, 0.29) is 18.3 Å². The summed E-state index contributed by atoms with van der Waals surface area (Å²) in [7, 11) is 0. The van der Waals surface area contributed by atoms with Gasteiger partial charge >= 0.3 is 0 Å². The molecule has 0 aliphatic rings. The number of nitrogens with one attached hydrogen (secondary N) is 1. The van der Waals surface area contributed by atoms with Crippen molar-refractivity contribution in [2.24, 2.45) is 0 Å². The first-order valence-electron chi connectivity index (χ1n) is 8.25. The Balaban J connectivity index is 1.48. The Kier molecular flexibility index (Phi) is 4.49. The third-order valence-electron chi connectivity index (χ3n) is 4.03. The van der Waals surface area contributed by atoms with Gasteiger partial charge in [0.1, 0.15) is 12.1 Å². The van der Waals surface area contributed by atoms with Gasteiger partial charge in [-0.3, -0.25) is 14.8 Å². The molecule has 7 heteroatoms. The van der Waals surface area contributed by atoms with Gasteiger partial charge in [-0.1, -0.05) is 0 Å². The van der Waals surface area contributed by atoms with E-state index in [0.29, 0.717) is 22.5 Å². The Hall–Kier alpha value is -3.74. The summed E-state index contributed by atoms with van der Waals surface area (Å²) in [4.78, 5) is 29.2. The summed E-state index contributed by atoms with van der Waals surface area (Å²) in [6, 6.07) is 13.0. The van der Waals surface area contributed by atoms with Crippen LogP contribution in [0.2, 0.25) is 0 Å². The molecule has 1 N–H and O–H groups in total. The average molecular weight is 359 g/mol. The van der Waals surface area contributed by atoms with E-state index in [2.05, 4.69) is 25.3 Å². The molecule has 0 saturated heterocycles. The maximum atomic E-state index is 13.1. The minimum Gasteiger partial charge on any atom is -0.346 e. The molecule has 2 aromatic carbocycles. The van der Waals surface area contributed by atoms with Crippen molar-refractivity contribution >= 4 is 16.9 Å². The predicted molar refractivity (Wildman–Crippen MR) is 98.1 cm³/mol. The van der Waals surface area contributed by atoms with E-state index >= 15 is 0 Å². The first kappa shape index (κ1) is 16.7. The topological polar surface area (TPSA) is 80.7 Å². The minimum atomic E-state index is -0.305. The van der Waals surface area contributed by atoms with Crippen LogP contribution in [0.25, 0.3) is 22.3 Å². The molecule has 0 saturated carbocycles. The molecule has 0 aliphatic carbocycles. The first-order valence-corrected chi connectivity index (χ1v) is 8.25. The van der Waals surface area contributed by atoms with E-state index in [1.165, 1.54) is 18.5 Å². The highest BCUT2D eigenvalue weighted by Crippen LogP contribution is 2.17. The van der Waals surface area contributed by atoms with Crippen LogP contribution in [0.4, 0.5) is 4.39 Å². The number of nitrogens with zero attached hydrogens (tertiary/aromatic N) is 4. The van der Waals surface area contributed by atoms with Gasteiger partial charge in [-0.05, 0) is 48.5 Å². The van der Waals surface area contributed by atoms with Gasteiger partial charge in [-0.2, -0.15) is 0 Å². The maximum Gasteiger partial charge on any atom is 0.251 e. The number of hydrogen-bond acceptors (Lipinski definition) is 5. The molecule has 0 fully saturated rings. The summed E-state index contributed by atoms with van der Waals surface area (Å²) >= 11 is 0. The van der Waals surface area contributed by atoms with Crippen molar-refractivity contribution in [1.82, 2.24) is 25.3 Å². The van der Waals surface area contributed by atoms with Crippen LogP contribution in [0.15, 0.2) is 67.3 Å². The molecule has 4 rings (SSSR count). The van der Waals surface area contributed by atoms with Crippen molar-refractivity contribution in [2.75, 3.05) is 0 Å². The second-order valence-electron chi connectivity index (χ2n) is 5.84. The molecule has 0 aliphatic heterocycles. The van der Waals surface area contributed by atoms with Gasteiger partial charge in [0.25, 0.3) is 5.91 Å². The molecular weight excluding hydrogens is 345 g/mol. The maximum absolute atomic E-state index is 13.1. The summed E-state index contributed by atoms with van der Waals surface area (Å²) in [5, 5.41) is 2.83. The van der Waals surface area contributed by atoms with Crippen LogP contribution in [0.1, 0.15) is 16.1 Å². The summed E-state index contributed by atoms with van der Waals surface area (Å²) in [6.45, 7) is 0.244. The van der Waals surface area contributed by atoms with Crippen molar-refractivity contribution in [1.29, 1.82) is 0 Å². The van der Waals surface area contributed by atoms with E-state index in [1.54, 1.807) is 48.8 Å². The van der Waals surface area contributed by atoms with E-state index in [4.69, 9.17) is 0 Å². The van der Waals surface area contributed by atoms with Crippen LogP contribution in [0, 0.1) is 5.82 Å². The number of halogens is 1. The van der Waals surface area contributed by atoms with Crippen molar-refractivity contribution in [3.63, 3.8) is 0 Å². The van der Waals surface area contributed by atoms with E-state index in [1.807, 2.05) is 0 Å². The number of rotatable bonds is 4. The van der Waals surface area contributed by atoms with Gasteiger partial charge in [0.15, 0.2) is 0 Å². The highest BCUT2D eigenvalue weighted by Gasteiger charge is 2.08. The smallest absolute Gasteiger partial charge is 0.251 e. The first-order chi connectivity index (χ1) is 13.2. The number of aromatic nitrogens is 4. The SMILES string of the molecule is O=C(NCc1cc(-c2ccc(F)cc2)ncn1)c1ccc2nccnc2c1. The molecule has 4 aromatic rings. The van der Waals surface area contributed by atoms with Gasteiger partial charge in [0.2, 0.25) is 0 Å². The number of carbonyl (C=O) groups excluding carboxylic acids is 1.